The van der Waals surface area contributed by atoms with Crippen molar-refractivity contribution in [1.29, 1.82) is 0 Å². The van der Waals surface area contributed by atoms with Crippen molar-refractivity contribution in [3.05, 3.63) is 64.7 Å². The average molecular weight is 274 g/mol. The van der Waals surface area contributed by atoms with E-state index in [0.717, 1.165) is 37.0 Å². The molecule has 3 heteroatoms. The molecule has 0 amide bonds. The zero-order valence-corrected chi connectivity index (χ0v) is 11.4. The van der Waals surface area contributed by atoms with Crippen molar-refractivity contribution in [2.45, 2.75) is 13.1 Å². The highest BCUT2D eigenvalue weighted by atomic mass is 35.5. The lowest BCUT2D eigenvalue weighted by atomic mass is 10.1. The summed E-state index contributed by atoms with van der Waals surface area (Å²) in [6, 6.07) is 16.3. The highest BCUT2D eigenvalue weighted by Crippen LogP contribution is 2.24. The van der Waals surface area contributed by atoms with Crippen molar-refractivity contribution in [3.8, 4) is 5.75 Å². The third-order valence-electron chi connectivity index (χ3n) is 3.38. The predicted octanol–water partition coefficient (Wildman–Crippen LogP) is 3.73. The first-order valence-electron chi connectivity index (χ1n) is 6.49. The normalized spacial score (nSPS) is 15.4. The molecule has 0 atom stereocenters. The van der Waals surface area contributed by atoms with Gasteiger partial charge in [-0.15, -0.1) is 0 Å². The smallest absolute Gasteiger partial charge is 0.123 e. The van der Waals surface area contributed by atoms with Gasteiger partial charge in [0.1, 0.15) is 12.4 Å². The molecule has 1 aliphatic rings. The predicted molar refractivity (Wildman–Crippen MR) is 77.5 cm³/mol. The third-order valence-corrected chi connectivity index (χ3v) is 3.75. The Bertz CT molecular complexity index is 570. The number of fused-ring (bicyclic) bond motifs is 1. The lowest BCUT2D eigenvalue weighted by Gasteiger charge is -2.19. The van der Waals surface area contributed by atoms with E-state index in [9.17, 15) is 0 Å². The molecule has 3 rings (SSSR count). The van der Waals surface area contributed by atoms with Crippen LogP contribution in [-0.4, -0.2) is 18.1 Å². The standard InChI is InChI=1S/C16H16ClNO/c17-15-7-3-1-5-13(15)11-18-9-10-19-16-8-4-2-6-14(16)12-18/h1-8H,9-12H2. The van der Waals surface area contributed by atoms with Gasteiger partial charge in [-0.1, -0.05) is 48.0 Å². The zero-order valence-electron chi connectivity index (χ0n) is 10.7. The Labute approximate surface area is 118 Å². The van der Waals surface area contributed by atoms with Crippen LogP contribution in [0.5, 0.6) is 5.75 Å². The molecule has 98 valence electrons. The highest BCUT2D eigenvalue weighted by Gasteiger charge is 2.15. The van der Waals surface area contributed by atoms with Crippen LogP contribution in [0.4, 0.5) is 0 Å². The van der Waals surface area contributed by atoms with Crippen molar-refractivity contribution < 1.29 is 4.74 Å². The van der Waals surface area contributed by atoms with Gasteiger partial charge in [0.15, 0.2) is 0 Å². The molecule has 19 heavy (non-hydrogen) atoms. The number of hydrogen-bond donors (Lipinski definition) is 0. The van der Waals surface area contributed by atoms with Gasteiger partial charge in [-0.05, 0) is 17.7 Å². The summed E-state index contributed by atoms with van der Waals surface area (Å²) in [6.45, 7) is 3.40. The fraction of sp³-hybridized carbons (Fsp3) is 0.250. The first-order valence-corrected chi connectivity index (χ1v) is 6.87. The monoisotopic (exact) mass is 273 g/mol. The molecule has 2 aromatic carbocycles. The minimum absolute atomic E-state index is 0.724. The second-order valence-corrected chi connectivity index (χ2v) is 5.17. The second kappa shape index (κ2) is 5.64. The number of benzene rings is 2. The van der Waals surface area contributed by atoms with Crippen LogP contribution in [0, 0.1) is 0 Å². The Morgan fingerprint density at radius 2 is 1.84 bits per heavy atom. The molecular formula is C16H16ClNO. The number of para-hydroxylation sites is 1. The summed E-state index contributed by atoms with van der Waals surface area (Å²) in [5.74, 6) is 1.00. The molecule has 0 unspecified atom stereocenters. The minimum atomic E-state index is 0.724. The third kappa shape index (κ3) is 2.91. The van der Waals surface area contributed by atoms with Crippen molar-refractivity contribution in [1.82, 2.24) is 4.90 Å². The molecule has 0 fully saturated rings. The molecule has 0 saturated heterocycles. The zero-order chi connectivity index (χ0) is 13.1. The van der Waals surface area contributed by atoms with Crippen LogP contribution in [0.2, 0.25) is 5.02 Å². The molecule has 0 aromatic heterocycles. The van der Waals surface area contributed by atoms with Crippen LogP contribution in [-0.2, 0) is 13.1 Å². The maximum atomic E-state index is 6.23. The first kappa shape index (κ1) is 12.5. The van der Waals surface area contributed by atoms with Gasteiger partial charge in [-0.2, -0.15) is 0 Å². The van der Waals surface area contributed by atoms with E-state index in [0.29, 0.717) is 0 Å². The Morgan fingerprint density at radius 1 is 1.05 bits per heavy atom. The largest absolute Gasteiger partial charge is 0.492 e. The Hall–Kier alpha value is -1.51. The fourth-order valence-electron chi connectivity index (χ4n) is 2.38. The maximum absolute atomic E-state index is 6.23. The van der Waals surface area contributed by atoms with Gasteiger partial charge >= 0.3 is 0 Å². The first-order chi connectivity index (χ1) is 9.33. The Balaban J connectivity index is 1.78. The molecule has 0 radical (unpaired) electrons. The van der Waals surface area contributed by atoms with E-state index in [1.54, 1.807) is 0 Å². The quantitative estimate of drug-likeness (QED) is 0.827. The average Bonchev–Trinajstić information content (AvgIpc) is 2.63. The van der Waals surface area contributed by atoms with Crippen LogP contribution in [0.3, 0.4) is 0 Å². The van der Waals surface area contributed by atoms with Gasteiger partial charge < -0.3 is 4.74 Å². The topological polar surface area (TPSA) is 12.5 Å². The van der Waals surface area contributed by atoms with Gasteiger partial charge in [-0.3, -0.25) is 4.90 Å². The summed E-state index contributed by atoms with van der Waals surface area (Å²) in [4.78, 5) is 2.37. The summed E-state index contributed by atoms with van der Waals surface area (Å²) in [5, 5.41) is 0.834. The number of hydrogen-bond acceptors (Lipinski definition) is 2. The lowest BCUT2D eigenvalue weighted by Crippen LogP contribution is -2.25. The Morgan fingerprint density at radius 3 is 2.74 bits per heavy atom. The molecule has 1 aliphatic heterocycles. The molecular weight excluding hydrogens is 258 g/mol. The summed E-state index contributed by atoms with van der Waals surface area (Å²) in [5.41, 5.74) is 2.41. The maximum Gasteiger partial charge on any atom is 0.123 e. The van der Waals surface area contributed by atoms with Crippen molar-refractivity contribution in [3.63, 3.8) is 0 Å². The second-order valence-electron chi connectivity index (χ2n) is 4.76. The number of nitrogens with zero attached hydrogens (tertiary/aromatic N) is 1. The number of rotatable bonds is 2. The van der Waals surface area contributed by atoms with Crippen molar-refractivity contribution >= 4 is 11.6 Å². The molecule has 2 nitrogen and oxygen atoms in total. The van der Waals surface area contributed by atoms with Gasteiger partial charge in [0.2, 0.25) is 0 Å². The minimum Gasteiger partial charge on any atom is -0.492 e. The lowest BCUT2D eigenvalue weighted by molar-refractivity contribution is 0.219. The van der Waals surface area contributed by atoms with Crippen LogP contribution in [0.1, 0.15) is 11.1 Å². The molecule has 0 spiro atoms. The number of ether oxygens (including phenoxy) is 1. The van der Waals surface area contributed by atoms with Gasteiger partial charge in [0.05, 0.1) is 0 Å². The van der Waals surface area contributed by atoms with E-state index in [2.05, 4.69) is 23.1 Å². The van der Waals surface area contributed by atoms with E-state index in [1.165, 1.54) is 11.1 Å². The van der Waals surface area contributed by atoms with Crippen molar-refractivity contribution in [2.24, 2.45) is 0 Å². The van der Waals surface area contributed by atoms with Crippen LogP contribution >= 0.6 is 11.6 Å². The summed E-state index contributed by atoms with van der Waals surface area (Å²) >= 11 is 6.23. The fourth-order valence-corrected chi connectivity index (χ4v) is 2.58. The SMILES string of the molecule is Clc1ccccc1CN1CCOc2ccccc2C1. The molecule has 0 saturated carbocycles. The Kier molecular flexibility index (Phi) is 3.72. The van der Waals surface area contributed by atoms with Gasteiger partial charge in [0, 0.05) is 30.2 Å². The van der Waals surface area contributed by atoms with E-state index in [4.69, 9.17) is 16.3 Å². The number of halogens is 1. The van der Waals surface area contributed by atoms with Crippen molar-refractivity contribution in [2.75, 3.05) is 13.2 Å². The van der Waals surface area contributed by atoms with Crippen LogP contribution < -0.4 is 4.74 Å². The van der Waals surface area contributed by atoms with E-state index >= 15 is 0 Å². The molecule has 0 bridgehead atoms. The molecule has 1 heterocycles. The summed E-state index contributed by atoms with van der Waals surface area (Å²) in [6.07, 6.45) is 0. The highest BCUT2D eigenvalue weighted by molar-refractivity contribution is 6.31. The molecule has 0 N–H and O–H groups in total. The van der Waals surface area contributed by atoms with E-state index in [1.807, 2.05) is 30.3 Å². The van der Waals surface area contributed by atoms with E-state index in [-0.39, 0.29) is 0 Å². The van der Waals surface area contributed by atoms with Gasteiger partial charge in [-0.25, -0.2) is 0 Å². The summed E-state index contributed by atoms with van der Waals surface area (Å²) in [7, 11) is 0. The van der Waals surface area contributed by atoms with Crippen LogP contribution in [0.25, 0.3) is 0 Å². The van der Waals surface area contributed by atoms with Gasteiger partial charge in [0.25, 0.3) is 0 Å². The van der Waals surface area contributed by atoms with Crippen LogP contribution in [0.15, 0.2) is 48.5 Å². The van der Waals surface area contributed by atoms with E-state index < -0.39 is 0 Å². The summed E-state index contributed by atoms with van der Waals surface area (Å²) < 4.78 is 5.77. The molecule has 2 aromatic rings. The molecule has 0 aliphatic carbocycles.